The van der Waals surface area contributed by atoms with E-state index in [4.69, 9.17) is 4.74 Å². The van der Waals surface area contributed by atoms with Gasteiger partial charge in [-0.1, -0.05) is 12.1 Å². The predicted octanol–water partition coefficient (Wildman–Crippen LogP) is 2.84. The normalized spacial score (nSPS) is 10.2. The summed E-state index contributed by atoms with van der Waals surface area (Å²) < 4.78 is 5.59. The number of anilines is 1. The van der Waals surface area contributed by atoms with Gasteiger partial charge in [0.2, 0.25) is 11.6 Å². The van der Waals surface area contributed by atoms with Crippen molar-refractivity contribution < 1.29 is 9.66 Å². The van der Waals surface area contributed by atoms with Crippen LogP contribution in [0.4, 0.5) is 11.5 Å². The van der Waals surface area contributed by atoms with Gasteiger partial charge in [0.25, 0.3) is 0 Å². The lowest BCUT2D eigenvalue weighted by molar-refractivity contribution is -0.385. The fourth-order valence-electron chi connectivity index (χ4n) is 1.74. The summed E-state index contributed by atoms with van der Waals surface area (Å²) in [4.78, 5) is 18.9. The minimum Gasteiger partial charge on any atom is -0.431 e. The van der Waals surface area contributed by atoms with Crippen LogP contribution in [0.25, 0.3) is 0 Å². The highest BCUT2D eigenvalue weighted by Crippen LogP contribution is 2.32. The molecule has 0 saturated carbocycles. The molecule has 0 amide bonds. The van der Waals surface area contributed by atoms with Gasteiger partial charge < -0.3 is 10.1 Å². The fourth-order valence-corrected chi connectivity index (χ4v) is 1.74. The first-order chi connectivity index (χ1) is 9.52. The maximum Gasteiger partial charge on any atom is 0.311 e. The van der Waals surface area contributed by atoms with Crippen molar-refractivity contribution in [2.24, 2.45) is 0 Å². The van der Waals surface area contributed by atoms with E-state index in [1.54, 1.807) is 33.0 Å². The molecular weight excluding hydrogens is 260 g/mol. The molecule has 0 spiro atoms. The zero-order valence-corrected chi connectivity index (χ0v) is 11.4. The minimum atomic E-state index is -0.488. The Labute approximate surface area is 115 Å². The molecule has 2 rings (SSSR count). The van der Waals surface area contributed by atoms with Gasteiger partial charge in [0, 0.05) is 13.1 Å². The smallest absolute Gasteiger partial charge is 0.311 e. The molecule has 1 aromatic heterocycles. The van der Waals surface area contributed by atoms with Crippen LogP contribution < -0.4 is 10.1 Å². The Bertz CT molecular complexity index is 658. The Morgan fingerprint density at radius 2 is 1.95 bits per heavy atom. The predicted molar refractivity (Wildman–Crippen MR) is 74.2 cm³/mol. The number of aromatic nitrogens is 2. The molecule has 0 fully saturated rings. The van der Waals surface area contributed by atoms with Crippen molar-refractivity contribution in [3.05, 3.63) is 45.8 Å². The average molecular weight is 274 g/mol. The van der Waals surface area contributed by atoms with Gasteiger partial charge in [0.05, 0.1) is 10.5 Å². The zero-order chi connectivity index (χ0) is 14.7. The van der Waals surface area contributed by atoms with Gasteiger partial charge in [0.1, 0.15) is 11.6 Å². The molecule has 0 aliphatic rings. The van der Waals surface area contributed by atoms with E-state index < -0.39 is 4.92 Å². The molecule has 0 radical (unpaired) electrons. The number of rotatable bonds is 4. The van der Waals surface area contributed by atoms with Crippen LogP contribution in [0.2, 0.25) is 0 Å². The van der Waals surface area contributed by atoms with Gasteiger partial charge in [-0.2, -0.15) is 4.98 Å². The molecule has 0 atom stereocenters. The molecule has 1 heterocycles. The van der Waals surface area contributed by atoms with Gasteiger partial charge in [-0.3, -0.25) is 10.1 Å². The molecule has 7 nitrogen and oxygen atoms in total. The fraction of sp³-hybridized carbons (Fsp3) is 0.231. The number of hydrogen-bond donors (Lipinski definition) is 1. The summed E-state index contributed by atoms with van der Waals surface area (Å²) in [6, 6.07) is 6.18. The number of aryl methyl sites for hydroxylation is 1. The van der Waals surface area contributed by atoms with E-state index >= 15 is 0 Å². The summed E-state index contributed by atoms with van der Waals surface area (Å²) in [5.41, 5.74) is 0.588. The topological polar surface area (TPSA) is 90.2 Å². The highest BCUT2D eigenvalue weighted by atomic mass is 16.6. The van der Waals surface area contributed by atoms with Gasteiger partial charge in [0.15, 0.2) is 0 Å². The standard InChI is InChI=1S/C13H14N4O3/c1-8-12(14-3)15-9(2)16-13(8)20-11-7-5-4-6-10(11)17(18)19/h4-7H,1-3H3,(H,14,15,16). The number of nitrogens with zero attached hydrogens (tertiary/aromatic N) is 3. The number of nitro groups is 1. The van der Waals surface area contributed by atoms with Gasteiger partial charge >= 0.3 is 5.69 Å². The van der Waals surface area contributed by atoms with Crippen molar-refractivity contribution >= 4 is 11.5 Å². The summed E-state index contributed by atoms with van der Waals surface area (Å²) in [5, 5.41) is 13.9. The summed E-state index contributed by atoms with van der Waals surface area (Å²) >= 11 is 0. The summed E-state index contributed by atoms with van der Waals surface area (Å²) in [6.45, 7) is 3.52. The van der Waals surface area contributed by atoms with Crippen LogP contribution in [-0.2, 0) is 0 Å². The molecule has 0 aliphatic heterocycles. The second-order valence-electron chi connectivity index (χ2n) is 4.13. The first kappa shape index (κ1) is 13.7. The van der Waals surface area contributed by atoms with Crippen molar-refractivity contribution in [2.45, 2.75) is 13.8 Å². The maximum absolute atomic E-state index is 11.0. The third kappa shape index (κ3) is 2.66. The number of nitro benzene ring substituents is 1. The van der Waals surface area contributed by atoms with Crippen LogP contribution in [0.15, 0.2) is 24.3 Å². The average Bonchev–Trinajstić information content (AvgIpc) is 2.42. The summed E-state index contributed by atoms with van der Waals surface area (Å²) in [5.74, 6) is 1.61. The van der Waals surface area contributed by atoms with Gasteiger partial charge in [-0.05, 0) is 19.9 Å². The largest absolute Gasteiger partial charge is 0.431 e. The molecule has 0 unspecified atom stereocenters. The summed E-state index contributed by atoms with van der Waals surface area (Å²) in [7, 11) is 1.74. The quantitative estimate of drug-likeness (QED) is 0.681. The lowest BCUT2D eigenvalue weighted by atomic mass is 10.3. The molecule has 20 heavy (non-hydrogen) atoms. The lowest BCUT2D eigenvalue weighted by Crippen LogP contribution is -2.03. The molecule has 1 N–H and O–H groups in total. The minimum absolute atomic E-state index is 0.103. The Morgan fingerprint density at radius 1 is 1.25 bits per heavy atom. The van der Waals surface area contributed by atoms with Crippen molar-refractivity contribution in [2.75, 3.05) is 12.4 Å². The second kappa shape index (κ2) is 5.52. The first-order valence-corrected chi connectivity index (χ1v) is 5.97. The van der Waals surface area contributed by atoms with Gasteiger partial charge in [-0.25, -0.2) is 4.98 Å². The molecule has 2 aromatic rings. The Hall–Kier alpha value is -2.70. The lowest BCUT2D eigenvalue weighted by Gasteiger charge is -2.11. The summed E-state index contributed by atoms with van der Waals surface area (Å²) in [6.07, 6.45) is 0. The molecule has 104 valence electrons. The highest BCUT2D eigenvalue weighted by molar-refractivity contribution is 5.52. The zero-order valence-electron chi connectivity index (χ0n) is 11.4. The van der Waals surface area contributed by atoms with E-state index in [9.17, 15) is 10.1 Å². The first-order valence-electron chi connectivity index (χ1n) is 5.97. The SMILES string of the molecule is CNc1nc(C)nc(Oc2ccccc2[N+](=O)[O-])c1C. The van der Waals surface area contributed by atoms with E-state index in [0.29, 0.717) is 23.1 Å². The Balaban J connectivity index is 2.45. The van der Waals surface area contributed by atoms with Crippen LogP contribution >= 0.6 is 0 Å². The molecular formula is C13H14N4O3. The number of nitrogens with one attached hydrogen (secondary N) is 1. The van der Waals surface area contributed by atoms with E-state index in [0.717, 1.165) is 0 Å². The van der Waals surface area contributed by atoms with E-state index in [2.05, 4.69) is 15.3 Å². The monoisotopic (exact) mass is 274 g/mol. The number of ether oxygens (including phenoxy) is 1. The maximum atomic E-state index is 11.0. The van der Waals surface area contributed by atoms with Crippen molar-refractivity contribution in [3.63, 3.8) is 0 Å². The van der Waals surface area contributed by atoms with Gasteiger partial charge in [-0.15, -0.1) is 0 Å². The molecule has 0 bridgehead atoms. The van der Waals surface area contributed by atoms with Crippen molar-refractivity contribution in [1.29, 1.82) is 0 Å². The van der Waals surface area contributed by atoms with Crippen LogP contribution in [0.5, 0.6) is 11.6 Å². The molecule has 7 heteroatoms. The van der Waals surface area contributed by atoms with Crippen LogP contribution in [0.3, 0.4) is 0 Å². The second-order valence-corrected chi connectivity index (χ2v) is 4.13. The Morgan fingerprint density at radius 3 is 2.60 bits per heavy atom. The van der Waals surface area contributed by atoms with Crippen LogP contribution in [0.1, 0.15) is 11.4 Å². The number of para-hydroxylation sites is 2. The van der Waals surface area contributed by atoms with Crippen LogP contribution in [0, 0.1) is 24.0 Å². The third-order valence-corrected chi connectivity index (χ3v) is 2.72. The molecule has 0 aliphatic carbocycles. The third-order valence-electron chi connectivity index (χ3n) is 2.72. The van der Waals surface area contributed by atoms with E-state index in [-0.39, 0.29) is 11.4 Å². The van der Waals surface area contributed by atoms with E-state index in [1.165, 1.54) is 12.1 Å². The Kier molecular flexibility index (Phi) is 3.79. The van der Waals surface area contributed by atoms with Crippen LogP contribution in [-0.4, -0.2) is 21.9 Å². The van der Waals surface area contributed by atoms with Crippen molar-refractivity contribution in [1.82, 2.24) is 9.97 Å². The number of hydrogen-bond acceptors (Lipinski definition) is 6. The highest BCUT2D eigenvalue weighted by Gasteiger charge is 2.17. The molecule has 1 aromatic carbocycles. The van der Waals surface area contributed by atoms with Crippen molar-refractivity contribution in [3.8, 4) is 11.6 Å². The van der Waals surface area contributed by atoms with E-state index in [1.807, 2.05) is 0 Å². The number of benzene rings is 1. The molecule has 0 saturated heterocycles.